The van der Waals surface area contributed by atoms with Crippen LogP contribution in [0.3, 0.4) is 0 Å². The minimum absolute atomic E-state index is 0.522. The fourth-order valence-corrected chi connectivity index (χ4v) is 1.71. The highest BCUT2D eigenvalue weighted by Gasteiger charge is 2.07. The van der Waals surface area contributed by atoms with E-state index in [1.807, 2.05) is 6.07 Å². The van der Waals surface area contributed by atoms with E-state index >= 15 is 0 Å². The highest BCUT2D eigenvalue weighted by Crippen LogP contribution is 2.22. The van der Waals surface area contributed by atoms with Crippen molar-refractivity contribution in [2.24, 2.45) is 5.73 Å². The summed E-state index contributed by atoms with van der Waals surface area (Å²) in [5, 5.41) is 0. The van der Waals surface area contributed by atoms with Gasteiger partial charge in [-0.3, -0.25) is 0 Å². The van der Waals surface area contributed by atoms with Gasteiger partial charge in [0.1, 0.15) is 5.52 Å². The number of rotatable bonds is 4. The van der Waals surface area contributed by atoms with Crippen LogP contribution < -0.4 is 5.73 Å². The van der Waals surface area contributed by atoms with Crippen molar-refractivity contribution in [2.45, 2.75) is 32.6 Å². The topological polar surface area (TPSA) is 52.0 Å². The van der Waals surface area contributed by atoms with Crippen molar-refractivity contribution in [3.05, 3.63) is 29.7 Å². The lowest BCUT2D eigenvalue weighted by Gasteiger charge is -2.02. The highest BCUT2D eigenvalue weighted by molar-refractivity contribution is 5.73. The van der Waals surface area contributed by atoms with Gasteiger partial charge in [-0.2, -0.15) is 0 Å². The van der Waals surface area contributed by atoms with E-state index in [1.165, 1.54) is 5.56 Å². The molecule has 0 bridgehead atoms. The minimum Gasteiger partial charge on any atom is -0.441 e. The molecule has 0 amide bonds. The summed E-state index contributed by atoms with van der Waals surface area (Å²) in [5.41, 5.74) is 8.59. The van der Waals surface area contributed by atoms with Crippen LogP contribution in [0.25, 0.3) is 11.1 Å². The summed E-state index contributed by atoms with van der Waals surface area (Å²) in [7, 11) is 0. The van der Waals surface area contributed by atoms with E-state index in [0.29, 0.717) is 12.5 Å². The summed E-state index contributed by atoms with van der Waals surface area (Å²) in [5.74, 6) is 1.31. The van der Waals surface area contributed by atoms with Crippen molar-refractivity contribution in [1.82, 2.24) is 4.98 Å². The summed E-state index contributed by atoms with van der Waals surface area (Å²) >= 11 is 0. The van der Waals surface area contributed by atoms with E-state index in [-0.39, 0.29) is 0 Å². The van der Waals surface area contributed by atoms with Crippen LogP contribution in [0.2, 0.25) is 0 Å². The van der Waals surface area contributed by atoms with Gasteiger partial charge in [-0.1, -0.05) is 19.9 Å². The Morgan fingerprint density at radius 1 is 1.38 bits per heavy atom. The third kappa shape index (κ3) is 2.25. The second-order valence-electron chi connectivity index (χ2n) is 4.38. The molecule has 3 heteroatoms. The Morgan fingerprint density at radius 2 is 2.19 bits per heavy atom. The van der Waals surface area contributed by atoms with Gasteiger partial charge in [0.2, 0.25) is 0 Å². The molecule has 0 radical (unpaired) electrons. The molecule has 0 aliphatic heterocycles. The van der Waals surface area contributed by atoms with Gasteiger partial charge in [0.15, 0.2) is 11.5 Å². The number of aryl methyl sites for hydroxylation is 1. The zero-order valence-electron chi connectivity index (χ0n) is 9.86. The molecule has 0 unspecified atom stereocenters. The van der Waals surface area contributed by atoms with Crippen LogP contribution in [0.4, 0.5) is 0 Å². The predicted octanol–water partition coefficient (Wildman–Crippen LogP) is 2.84. The van der Waals surface area contributed by atoms with Crippen LogP contribution in [-0.4, -0.2) is 11.5 Å². The van der Waals surface area contributed by atoms with Gasteiger partial charge in [0, 0.05) is 6.42 Å². The van der Waals surface area contributed by atoms with E-state index in [2.05, 4.69) is 31.0 Å². The molecule has 0 fully saturated rings. The van der Waals surface area contributed by atoms with Crippen LogP contribution in [0, 0.1) is 0 Å². The molecule has 2 N–H and O–H groups in total. The van der Waals surface area contributed by atoms with Crippen molar-refractivity contribution in [1.29, 1.82) is 0 Å². The molecule has 1 aromatic carbocycles. The van der Waals surface area contributed by atoms with Crippen LogP contribution in [0.15, 0.2) is 22.6 Å². The molecule has 1 aromatic heterocycles. The standard InChI is InChI=1S/C13H18N2O/c1-9(2)10-5-6-12-11(8-10)15-13(16-12)4-3-7-14/h5-6,8-9H,3-4,7,14H2,1-2H3. The molecule has 86 valence electrons. The first-order chi connectivity index (χ1) is 7.70. The first-order valence-corrected chi connectivity index (χ1v) is 5.80. The van der Waals surface area contributed by atoms with Crippen LogP contribution in [0.5, 0.6) is 0 Å². The lowest BCUT2D eigenvalue weighted by Crippen LogP contribution is -2.00. The number of hydrogen-bond acceptors (Lipinski definition) is 3. The third-order valence-corrected chi connectivity index (χ3v) is 2.72. The van der Waals surface area contributed by atoms with Gasteiger partial charge in [0.05, 0.1) is 0 Å². The largest absolute Gasteiger partial charge is 0.441 e. The fourth-order valence-electron chi connectivity index (χ4n) is 1.71. The molecule has 0 spiro atoms. The summed E-state index contributed by atoms with van der Waals surface area (Å²) in [4.78, 5) is 4.47. The summed E-state index contributed by atoms with van der Waals surface area (Å²) in [6.07, 6.45) is 1.74. The van der Waals surface area contributed by atoms with Crippen LogP contribution in [-0.2, 0) is 6.42 Å². The zero-order valence-corrected chi connectivity index (χ0v) is 9.86. The molecule has 1 heterocycles. The number of oxazole rings is 1. The Morgan fingerprint density at radius 3 is 2.88 bits per heavy atom. The molecular weight excluding hydrogens is 200 g/mol. The smallest absolute Gasteiger partial charge is 0.195 e. The molecule has 0 saturated heterocycles. The van der Waals surface area contributed by atoms with Crippen molar-refractivity contribution >= 4 is 11.1 Å². The Balaban J connectivity index is 2.30. The number of fused-ring (bicyclic) bond motifs is 1. The fraction of sp³-hybridized carbons (Fsp3) is 0.462. The highest BCUT2D eigenvalue weighted by atomic mass is 16.3. The van der Waals surface area contributed by atoms with Gasteiger partial charge in [0.25, 0.3) is 0 Å². The molecular formula is C13H18N2O. The predicted molar refractivity (Wildman–Crippen MR) is 65.5 cm³/mol. The van der Waals surface area contributed by atoms with Gasteiger partial charge in [-0.05, 0) is 36.6 Å². The number of nitrogens with zero attached hydrogens (tertiary/aromatic N) is 1. The molecule has 3 nitrogen and oxygen atoms in total. The zero-order chi connectivity index (χ0) is 11.5. The van der Waals surface area contributed by atoms with Crippen molar-refractivity contribution in [3.63, 3.8) is 0 Å². The number of aromatic nitrogens is 1. The van der Waals surface area contributed by atoms with Gasteiger partial charge in [-0.15, -0.1) is 0 Å². The molecule has 0 saturated carbocycles. The average Bonchev–Trinajstić information content (AvgIpc) is 2.67. The maximum atomic E-state index is 5.64. The first kappa shape index (κ1) is 11.1. The monoisotopic (exact) mass is 218 g/mol. The van der Waals surface area contributed by atoms with Crippen molar-refractivity contribution in [3.8, 4) is 0 Å². The normalized spacial score (nSPS) is 11.5. The number of nitrogens with two attached hydrogens (primary N) is 1. The number of benzene rings is 1. The van der Waals surface area contributed by atoms with E-state index in [0.717, 1.165) is 29.8 Å². The lowest BCUT2D eigenvalue weighted by molar-refractivity contribution is 0.521. The Labute approximate surface area is 95.7 Å². The van der Waals surface area contributed by atoms with Gasteiger partial charge < -0.3 is 10.2 Å². The maximum Gasteiger partial charge on any atom is 0.195 e. The van der Waals surface area contributed by atoms with Crippen molar-refractivity contribution in [2.75, 3.05) is 6.54 Å². The SMILES string of the molecule is CC(C)c1ccc2oc(CCCN)nc2c1. The minimum atomic E-state index is 0.522. The van der Waals surface area contributed by atoms with Gasteiger partial charge >= 0.3 is 0 Å². The second kappa shape index (κ2) is 4.66. The molecule has 0 atom stereocenters. The second-order valence-corrected chi connectivity index (χ2v) is 4.38. The molecule has 0 aliphatic rings. The molecule has 0 aliphatic carbocycles. The molecule has 16 heavy (non-hydrogen) atoms. The van der Waals surface area contributed by atoms with Gasteiger partial charge in [-0.25, -0.2) is 4.98 Å². The summed E-state index contributed by atoms with van der Waals surface area (Å²) in [6, 6.07) is 6.21. The Kier molecular flexibility index (Phi) is 3.25. The molecule has 2 aromatic rings. The molecule has 2 rings (SSSR count). The number of hydrogen-bond donors (Lipinski definition) is 1. The quantitative estimate of drug-likeness (QED) is 0.858. The van der Waals surface area contributed by atoms with E-state index < -0.39 is 0 Å². The summed E-state index contributed by atoms with van der Waals surface area (Å²) < 4.78 is 5.64. The summed E-state index contributed by atoms with van der Waals surface area (Å²) in [6.45, 7) is 5.03. The van der Waals surface area contributed by atoms with E-state index in [9.17, 15) is 0 Å². The Bertz CT molecular complexity index is 474. The van der Waals surface area contributed by atoms with Crippen LogP contribution in [0.1, 0.15) is 37.6 Å². The van der Waals surface area contributed by atoms with Crippen LogP contribution >= 0.6 is 0 Å². The van der Waals surface area contributed by atoms with E-state index in [4.69, 9.17) is 10.2 Å². The third-order valence-electron chi connectivity index (χ3n) is 2.72. The lowest BCUT2D eigenvalue weighted by atomic mass is 10.0. The van der Waals surface area contributed by atoms with Crippen molar-refractivity contribution < 1.29 is 4.42 Å². The Hall–Kier alpha value is -1.35. The first-order valence-electron chi connectivity index (χ1n) is 5.80. The van der Waals surface area contributed by atoms with E-state index in [1.54, 1.807) is 0 Å². The maximum absolute atomic E-state index is 5.64. The average molecular weight is 218 g/mol.